The molecule has 2 aromatic heterocycles. The lowest BCUT2D eigenvalue weighted by Crippen LogP contribution is -2.41. The average Bonchev–Trinajstić information content (AvgIpc) is 3.28. The number of methoxy groups -OCH3 is 1. The highest BCUT2D eigenvalue weighted by molar-refractivity contribution is 7.20. The van der Waals surface area contributed by atoms with E-state index in [4.69, 9.17) is 9.47 Å². The van der Waals surface area contributed by atoms with Gasteiger partial charge in [0, 0.05) is 6.04 Å². The van der Waals surface area contributed by atoms with Crippen molar-refractivity contribution in [2.24, 2.45) is 0 Å². The molecule has 0 saturated heterocycles. The Balaban J connectivity index is 2.04. The molecule has 0 saturated carbocycles. The number of fused-ring (bicyclic) bond motifs is 1. The van der Waals surface area contributed by atoms with Crippen LogP contribution < -0.4 is 21.3 Å². The number of carbonyl (C=O) groups excluding carboxylic acids is 3. The summed E-state index contributed by atoms with van der Waals surface area (Å²) < 4.78 is 26.3. The molecule has 10 nitrogen and oxygen atoms in total. The van der Waals surface area contributed by atoms with Gasteiger partial charge in [-0.05, 0) is 63.6 Å². The Kier molecular flexibility index (Phi) is 8.52. The number of esters is 1. The van der Waals surface area contributed by atoms with Crippen molar-refractivity contribution in [3.05, 3.63) is 90.7 Å². The number of Topliss-reactive ketones (excluding diaryl/α,β-unsaturated/α-hetero) is 1. The minimum Gasteiger partial charge on any atom is -0.496 e. The lowest BCUT2D eigenvalue weighted by atomic mass is 10.1. The number of rotatable bonds is 9. The van der Waals surface area contributed by atoms with Gasteiger partial charge in [-0.15, -0.1) is 11.3 Å². The molecule has 1 N–H and O–H groups in total. The van der Waals surface area contributed by atoms with Gasteiger partial charge in [0.05, 0.1) is 42.5 Å². The molecule has 12 heteroatoms. The zero-order valence-corrected chi connectivity index (χ0v) is 23.9. The zero-order valence-electron chi connectivity index (χ0n) is 23.1. The van der Waals surface area contributed by atoms with E-state index in [0.717, 1.165) is 32.6 Å². The normalized spacial score (nSPS) is 11.1. The molecule has 0 unspecified atom stereocenters. The van der Waals surface area contributed by atoms with Crippen LogP contribution in [0.2, 0.25) is 0 Å². The highest BCUT2D eigenvalue weighted by atomic mass is 32.1. The van der Waals surface area contributed by atoms with Gasteiger partial charge in [0.15, 0.2) is 5.78 Å². The summed E-state index contributed by atoms with van der Waals surface area (Å²) in [7, 11) is 1.32. The van der Waals surface area contributed by atoms with Gasteiger partial charge in [0.1, 0.15) is 21.3 Å². The van der Waals surface area contributed by atoms with Gasteiger partial charge in [0.25, 0.3) is 11.5 Å². The molecule has 41 heavy (non-hydrogen) atoms. The number of hydrogen-bond acceptors (Lipinski definition) is 8. The zero-order chi connectivity index (χ0) is 30.0. The SMILES string of the molecule is CCOC(=O)c1sc2c(c1C)c(=O)n(-c1ccccc1C(=O)NC(C)C)c(=O)n2CC(=O)c1cc(F)ccc1OC. The van der Waals surface area contributed by atoms with Crippen LogP contribution in [-0.4, -0.2) is 46.6 Å². The molecule has 0 aliphatic heterocycles. The molecule has 4 rings (SSSR count). The number of carbonyl (C=O) groups is 3. The summed E-state index contributed by atoms with van der Waals surface area (Å²) in [6, 6.07) is 9.27. The lowest BCUT2D eigenvalue weighted by Gasteiger charge is -2.16. The number of nitrogens with one attached hydrogen (secondary N) is 1. The number of thiophene rings is 1. The van der Waals surface area contributed by atoms with Crippen LogP contribution in [0, 0.1) is 12.7 Å². The van der Waals surface area contributed by atoms with Crippen molar-refractivity contribution < 1.29 is 28.2 Å². The molecule has 0 aliphatic rings. The predicted octanol–water partition coefficient (Wildman–Crippen LogP) is 3.87. The number of amides is 1. The summed E-state index contributed by atoms with van der Waals surface area (Å²) in [6.07, 6.45) is 0. The number of benzene rings is 2. The summed E-state index contributed by atoms with van der Waals surface area (Å²) in [5.74, 6) is -2.46. The Hall–Kier alpha value is -4.58. The first-order valence-electron chi connectivity index (χ1n) is 12.7. The van der Waals surface area contributed by atoms with E-state index < -0.39 is 41.3 Å². The van der Waals surface area contributed by atoms with Gasteiger partial charge in [-0.2, -0.15) is 0 Å². The smallest absolute Gasteiger partial charge is 0.348 e. The van der Waals surface area contributed by atoms with Gasteiger partial charge < -0.3 is 14.8 Å². The Morgan fingerprint density at radius 1 is 1.07 bits per heavy atom. The number of ether oxygens (including phenoxy) is 2. The molecule has 4 aromatic rings. The van der Waals surface area contributed by atoms with E-state index in [-0.39, 0.29) is 55.9 Å². The number of halogens is 1. The highest BCUT2D eigenvalue weighted by Crippen LogP contribution is 2.30. The third kappa shape index (κ3) is 5.55. The molecular weight excluding hydrogens is 553 g/mol. The van der Waals surface area contributed by atoms with Gasteiger partial charge in [0.2, 0.25) is 0 Å². The topological polar surface area (TPSA) is 126 Å². The standard InChI is InChI=1S/C29H28FN3O7S/c1-6-40-28(37)24-16(4)23-26(36)33(20-10-8-7-9-18(20)25(35)31-15(2)3)29(38)32(27(23)41-24)14-21(34)19-13-17(30)11-12-22(19)39-5/h7-13,15H,6,14H2,1-5H3,(H,31,35). The molecule has 0 fully saturated rings. The maximum absolute atomic E-state index is 14.1. The molecular formula is C29H28FN3O7S. The van der Waals surface area contributed by atoms with Gasteiger partial charge in [-0.25, -0.2) is 18.5 Å². The summed E-state index contributed by atoms with van der Waals surface area (Å²) >= 11 is 0.838. The van der Waals surface area contributed by atoms with Gasteiger partial charge in [-0.3, -0.25) is 19.0 Å². The van der Waals surface area contributed by atoms with Crippen LogP contribution in [0.25, 0.3) is 15.9 Å². The fourth-order valence-corrected chi connectivity index (χ4v) is 5.60. The van der Waals surface area contributed by atoms with Crippen LogP contribution in [0.4, 0.5) is 4.39 Å². The molecule has 0 bridgehead atoms. The number of nitrogens with zero attached hydrogens (tertiary/aromatic N) is 2. The molecule has 0 radical (unpaired) electrons. The molecule has 0 aliphatic carbocycles. The molecule has 0 atom stereocenters. The Morgan fingerprint density at radius 3 is 2.44 bits per heavy atom. The minimum atomic E-state index is -0.923. The third-order valence-corrected chi connectivity index (χ3v) is 7.54. The second kappa shape index (κ2) is 11.9. The van der Waals surface area contributed by atoms with E-state index in [2.05, 4.69) is 5.32 Å². The molecule has 214 valence electrons. The summed E-state index contributed by atoms with van der Waals surface area (Å²) in [5, 5.41) is 2.76. The van der Waals surface area contributed by atoms with Crippen LogP contribution in [0.1, 0.15) is 56.7 Å². The van der Waals surface area contributed by atoms with E-state index in [1.807, 2.05) is 0 Å². The Morgan fingerprint density at radius 2 is 1.78 bits per heavy atom. The maximum atomic E-state index is 14.1. The van der Waals surface area contributed by atoms with Crippen molar-refractivity contribution in [1.82, 2.24) is 14.5 Å². The van der Waals surface area contributed by atoms with E-state index in [0.29, 0.717) is 0 Å². The summed E-state index contributed by atoms with van der Waals surface area (Å²) in [4.78, 5) is 67.3. The second-order valence-corrected chi connectivity index (χ2v) is 10.4. The van der Waals surface area contributed by atoms with Crippen molar-refractivity contribution >= 4 is 39.2 Å². The second-order valence-electron chi connectivity index (χ2n) is 9.38. The lowest BCUT2D eigenvalue weighted by molar-refractivity contribution is 0.0531. The number of aromatic nitrogens is 2. The van der Waals surface area contributed by atoms with Crippen LogP contribution in [0.5, 0.6) is 5.75 Å². The fraction of sp³-hybridized carbons (Fsp3) is 0.276. The molecule has 1 amide bonds. The van der Waals surface area contributed by atoms with E-state index in [1.54, 1.807) is 39.8 Å². The molecule has 2 heterocycles. The van der Waals surface area contributed by atoms with Crippen molar-refractivity contribution in [3.8, 4) is 11.4 Å². The van der Waals surface area contributed by atoms with Crippen molar-refractivity contribution in [3.63, 3.8) is 0 Å². The Bertz CT molecular complexity index is 1800. The maximum Gasteiger partial charge on any atom is 0.348 e. The average molecular weight is 582 g/mol. The van der Waals surface area contributed by atoms with Crippen molar-refractivity contribution in [1.29, 1.82) is 0 Å². The van der Waals surface area contributed by atoms with Crippen LogP contribution in [-0.2, 0) is 11.3 Å². The van der Waals surface area contributed by atoms with Gasteiger partial charge >= 0.3 is 11.7 Å². The predicted molar refractivity (Wildman–Crippen MR) is 152 cm³/mol. The summed E-state index contributed by atoms with van der Waals surface area (Å²) in [6.45, 7) is 6.18. The van der Waals surface area contributed by atoms with E-state index in [1.165, 1.54) is 25.3 Å². The highest BCUT2D eigenvalue weighted by Gasteiger charge is 2.27. The largest absolute Gasteiger partial charge is 0.496 e. The number of para-hydroxylation sites is 1. The van der Waals surface area contributed by atoms with Crippen molar-refractivity contribution in [2.45, 2.75) is 40.3 Å². The molecule has 2 aromatic carbocycles. The monoisotopic (exact) mass is 581 g/mol. The van der Waals surface area contributed by atoms with E-state index >= 15 is 0 Å². The summed E-state index contributed by atoms with van der Waals surface area (Å²) in [5.41, 5.74) is -1.49. The first-order chi connectivity index (χ1) is 19.5. The fourth-order valence-electron chi connectivity index (χ4n) is 4.42. The quantitative estimate of drug-likeness (QED) is 0.235. The Labute approximate surface area is 237 Å². The molecule has 0 spiro atoms. The first-order valence-corrected chi connectivity index (χ1v) is 13.5. The minimum absolute atomic E-state index is 0.00429. The van der Waals surface area contributed by atoms with Crippen LogP contribution >= 0.6 is 11.3 Å². The number of hydrogen-bond donors (Lipinski definition) is 1. The van der Waals surface area contributed by atoms with Crippen LogP contribution in [0.15, 0.2) is 52.1 Å². The van der Waals surface area contributed by atoms with Gasteiger partial charge in [-0.1, -0.05) is 12.1 Å². The third-order valence-electron chi connectivity index (χ3n) is 6.25. The van der Waals surface area contributed by atoms with Crippen LogP contribution in [0.3, 0.4) is 0 Å². The van der Waals surface area contributed by atoms with E-state index in [9.17, 15) is 28.4 Å². The first kappa shape index (κ1) is 29.4. The van der Waals surface area contributed by atoms with Crippen molar-refractivity contribution in [2.75, 3.05) is 13.7 Å². The number of ketones is 1. The number of aryl methyl sites for hydroxylation is 1.